The van der Waals surface area contributed by atoms with E-state index in [0.717, 1.165) is 21.9 Å². The van der Waals surface area contributed by atoms with Gasteiger partial charge in [-0.3, -0.25) is 13.8 Å². The van der Waals surface area contributed by atoms with Crippen LogP contribution in [0, 0.1) is 13.8 Å². The number of amides is 1. The number of fused-ring (bicyclic) bond motifs is 2. The Bertz CT molecular complexity index is 1540. The highest BCUT2D eigenvalue weighted by Crippen LogP contribution is 2.34. The van der Waals surface area contributed by atoms with Gasteiger partial charge < -0.3 is 5.32 Å². The maximum absolute atomic E-state index is 13.6. The summed E-state index contributed by atoms with van der Waals surface area (Å²) in [4.78, 5) is 13.0. The van der Waals surface area contributed by atoms with Crippen molar-refractivity contribution >= 4 is 32.4 Å². The molecule has 7 nitrogen and oxygen atoms in total. The smallest absolute Gasteiger partial charge is 0.268 e. The minimum Gasteiger partial charge on any atom is -0.348 e. The lowest BCUT2D eigenvalue weighted by molar-refractivity contribution is -0.122. The van der Waals surface area contributed by atoms with Gasteiger partial charge in [0.2, 0.25) is 5.91 Å². The Morgan fingerprint density at radius 1 is 1.03 bits per heavy atom. The van der Waals surface area contributed by atoms with Crippen LogP contribution < -0.4 is 9.62 Å². The summed E-state index contributed by atoms with van der Waals surface area (Å²) in [6, 6.07) is 21.6. The van der Waals surface area contributed by atoms with Gasteiger partial charge in [0, 0.05) is 6.54 Å². The van der Waals surface area contributed by atoms with Crippen LogP contribution in [0.15, 0.2) is 71.6 Å². The second kappa shape index (κ2) is 8.85. The molecular formula is C27H28N4O3S. The van der Waals surface area contributed by atoms with E-state index in [1.54, 1.807) is 13.8 Å². The van der Waals surface area contributed by atoms with E-state index in [4.69, 9.17) is 0 Å². The number of hydrogen-bond acceptors (Lipinski definition) is 4. The summed E-state index contributed by atoms with van der Waals surface area (Å²) in [5.41, 5.74) is 3.57. The highest BCUT2D eigenvalue weighted by Gasteiger charge is 2.35. The average molecular weight is 489 g/mol. The maximum Gasteiger partial charge on any atom is 0.268 e. The quantitative estimate of drug-likeness (QED) is 0.439. The van der Waals surface area contributed by atoms with Crippen molar-refractivity contribution < 1.29 is 13.2 Å². The van der Waals surface area contributed by atoms with E-state index >= 15 is 0 Å². The van der Waals surface area contributed by atoms with E-state index in [-0.39, 0.29) is 23.4 Å². The SMILES string of the molecule is Cc1nn(CC(=O)NC(C)c2ccc3ccccc3c2)c(C)c1S(=O)(=O)N1CCc2ccccc21. The normalized spacial score (nSPS) is 14.2. The van der Waals surface area contributed by atoms with Crippen molar-refractivity contribution in [3.8, 4) is 0 Å². The van der Waals surface area contributed by atoms with Crippen molar-refractivity contribution in [1.29, 1.82) is 0 Å². The van der Waals surface area contributed by atoms with Gasteiger partial charge in [-0.15, -0.1) is 0 Å². The molecule has 0 radical (unpaired) electrons. The molecule has 1 aromatic heterocycles. The molecule has 2 heterocycles. The lowest BCUT2D eigenvalue weighted by Crippen LogP contribution is -2.31. The van der Waals surface area contributed by atoms with Crippen LogP contribution in [0.4, 0.5) is 5.69 Å². The van der Waals surface area contributed by atoms with Gasteiger partial charge in [-0.2, -0.15) is 5.10 Å². The Labute approximate surface area is 205 Å². The van der Waals surface area contributed by atoms with Gasteiger partial charge in [-0.25, -0.2) is 8.42 Å². The van der Waals surface area contributed by atoms with Crippen LogP contribution in [0.3, 0.4) is 0 Å². The van der Waals surface area contributed by atoms with Crippen LogP contribution in [0.1, 0.15) is 35.5 Å². The molecule has 4 aromatic rings. The molecule has 1 amide bonds. The Kier molecular flexibility index (Phi) is 5.84. The van der Waals surface area contributed by atoms with E-state index in [1.165, 1.54) is 8.99 Å². The van der Waals surface area contributed by atoms with Crippen molar-refractivity contribution in [1.82, 2.24) is 15.1 Å². The summed E-state index contributed by atoms with van der Waals surface area (Å²) >= 11 is 0. The number of nitrogens with one attached hydrogen (secondary N) is 1. The first-order valence-electron chi connectivity index (χ1n) is 11.7. The zero-order valence-electron chi connectivity index (χ0n) is 20.0. The molecule has 0 saturated carbocycles. The predicted molar refractivity (Wildman–Crippen MR) is 137 cm³/mol. The standard InChI is InChI=1S/C27H28N4O3S/c1-18(23-13-12-21-8-4-5-10-24(21)16-23)28-26(32)17-30-20(3)27(19(2)29-30)35(33,34)31-15-14-22-9-6-7-11-25(22)31/h4-13,16,18H,14-15,17H2,1-3H3,(H,28,32). The third kappa shape index (κ3) is 4.18. The topological polar surface area (TPSA) is 84.3 Å². The molecule has 1 aliphatic heterocycles. The maximum atomic E-state index is 13.6. The number of sulfonamides is 1. The Hall–Kier alpha value is -3.65. The number of hydrogen-bond donors (Lipinski definition) is 1. The number of aromatic nitrogens is 2. The number of anilines is 1. The molecule has 3 aromatic carbocycles. The Morgan fingerprint density at radius 3 is 2.54 bits per heavy atom. The average Bonchev–Trinajstić information content (AvgIpc) is 3.39. The van der Waals surface area contributed by atoms with Crippen molar-refractivity contribution in [2.75, 3.05) is 10.8 Å². The number of carbonyl (C=O) groups excluding carboxylic acids is 1. The molecular weight excluding hydrogens is 460 g/mol. The van der Waals surface area contributed by atoms with Crippen molar-refractivity contribution in [2.45, 2.75) is 44.7 Å². The molecule has 1 aliphatic rings. The molecule has 8 heteroatoms. The third-order valence-electron chi connectivity index (χ3n) is 6.65. The van der Waals surface area contributed by atoms with E-state index in [2.05, 4.69) is 22.5 Å². The highest BCUT2D eigenvalue weighted by atomic mass is 32.2. The fourth-order valence-electron chi connectivity index (χ4n) is 4.86. The van der Waals surface area contributed by atoms with Crippen LogP contribution in [0.5, 0.6) is 0 Å². The van der Waals surface area contributed by atoms with Gasteiger partial charge >= 0.3 is 0 Å². The Morgan fingerprint density at radius 2 is 1.74 bits per heavy atom. The van der Waals surface area contributed by atoms with Gasteiger partial charge in [-0.05, 0) is 61.2 Å². The number of nitrogens with zero attached hydrogens (tertiary/aromatic N) is 3. The zero-order valence-corrected chi connectivity index (χ0v) is 20.8. The summed E-state index contributed by atoms with van der Waals surface area (Å²) < 4.78 is 30.1. The van der Waals surface area contributed by atoms with E-state index < -0.39 is 10.0 Å². The van der Waals surface area contributed by atoms with Gasteiger partial charge in [-0.1, -0.05) is 54.6 Å². The fourth-order valence-corrected chi connectivity index (χ4v) is 6.74. The molecule has 0 spiro atoms. The second-order valence-corrected chi connectivity index (χ2v) is 10.8. The first kappa shape index (κ1) is 23.1. The van der Waals surface area contributed by atoms with Gasteiger partial charge in [0.25, 0.3) is 10.0 Å². The molecule has 5 rings (SSSR count). The zero-order chi connectivity index (χ0) is 24.7. The summed E-state index contributed by atoms with van der Waals surface area (Å²) in [7, 11) is -3.80. The molecule has 0 aliphatic carbocycles. The second-order valence-electron chi connectivity index (χ2n) is 9.01. The number of rotatable bonds is 6. The molecule has 1 N–H and O–H groups in total. The monoisotopic (exact) mass is 488 g/mol. The van der Waals surface area contributed by atoms with Crippen LogP contribution in [0.25, 0.3) is 10.8 Å². The van der Waals surface area contributed by atoms with Gasteiger partial charge in [0.05, 0.1) is 23.1 Å². The van der Waals surface area contributed by atoms with Crippen molar-refractivity contribution in [3.05, 3.63) is 89.2 Å². The Balaban J connectivity index is 1.35. The lowest BCUT2D eigenvalue weighted by Gasteiger charge is -2.20. The molecule has 35 heavy (non-hydrogen) atoms. The minimum absolute atomic E-state index is 0.0588. The van der Waals surface area contributed by atoms with Crippen LogP contribution in [-0.2, 0) is 27.8 Å². The molecule has 0 bridgehead atoms. The summed E-state index contributed by atoms with van der Waals surface area (Å²) in [6.45, 7) is 5.65. The van der Waals surface area contributed by atoms with Crippen LogP contribution in [0.2, 0.25) is 0 Å². The molecule has 180 valence electrons. The molecule has 0 saturated heterocycles. The molecule has 1 unspecified atom stereocenters. The number of carbonyl (C=O) groups is 1. The van der Waals surface area contributed by atoms with Crippen molar-refractivity contribution in [3.63, 3.8) is 0 Å². The van der Waals surface area contributed by atoms with Gasteiger partial charge in [0.1, 0.15) is 11.4 Å². The first-order valence-corrected chi connectivity index (χ1v) is 13.1. The minimum atomic E-state index is -3.80. The molecule has 0 fully saturated rings. The molecule has 1 atom stereocenters. The number of benzene rings is 3. The number of para-hydroxylation sites is 1. The number of aryl methyl sites for hydroxylation is 1. The third-order valence-corrected chi connectivity index (χ3v) is 8.72. The van der Waals surface area contributed by atoms with E-state index in [0.29, 0.717) is 30.0 Å². The van der Waals surface area contributed by atoms with Crippen LogP contribution in [-0.4, -0.2) is 30.7 Å². The van der Waals surface area contributed by atoms with E-state index in [1.807, 2.05) is 61.5 Å². The largest absolute Gasteiger partial charge is 0.348 e. The summed E-state index contributed by atoms with van der Waals surface area (Å²) in [5.74, 6) is -0.230. The highest BCUT2D eigenvalue weighted by molar-refractivity contribution is 7.93. The fraction of sp³-hybridized carbons (Fsp3) is 0.259. The van der Waals surface area contributed by atoms with Gasteiger partial charge in [0.15, 0.2) is 0 Å². The van der Waals surface area contributed by atoms with Crippen LogP contribution >= 0.6 is 0 Å². The summed E-state index contributed by atoms with van der Waals surface area (Å²) in [6.07, 6.45) is 0.677. The van der Waals surface area contributed by atoms with Crippen molar-refractivity contribution in [2.24, 2.45) is 0 Å². The van der Waals surface area contributed by atoms with E-state index in [9.17, 15) is 13.2 Å². The predicted octanol–water partition coefficient (Wildman–Crippen LogP) is 4.28. The first-order chi connectivity index (χ1) is 16.8. The summed E-state index contributed by atoms with van der Waals surface area (Å²) in [5, 5.41) is 9.69. The lowest BCUT2D eigenvalue weighted by atomic mass is 10.0.